The van der Waals surface area contributed by atoms with Crippen LogP contribution in [0.15, 0.2) is 0 Å². The van der Waals surface area contributed by atoms with Crippen LogP contribution in [0.2, 0.25) is 0 Å². The van der Waals surface area contributed by atoms with Crippen LogP contribution in [0.1, 0.15) is 58.8 Å². The standard InChI is InChI=1S/C15H31NS/c1-3-11-16-13-15-9-6-5-8-14(15)10-7-12-17-4-2/h14-16H,3-13H2,1-2H3. The van der Waals surface area contributed by atoms with Gasteiger partial charge in [0.05, 0.1) is 0 Å². The Labute approximate surface area is 113 Å². The van der Waals surface area contributed by atoms with Gasteiger partial charge in [0.2, 0.25) is 0 Å². The Kier molecular flexibility index (Phi) is 9.27. The minimum atomic E-state index is 0.974. The van der Waals surface area contributed by atoms with E-state index in [4.69, 9.17) is 0 Å². The molecule has 2 heteroatoms. The van der Waals surface area contributed by atoms with Gasteiger partial charge < -0.3 is 5.32 Å². The summed E-state index contributed by atoms with van der Waals surface area (Å²) >= 11 is 2.10. The van der Waals surface area contributed by atoms with Gasteiger partial charge >= 0.3 is 0 Å². The van der Waals surface area contributed by atoms with Gasteiger partial charge in [-0.15, -0.1) is 0 Å². The van der Waals surface area contributed by atoms with Crippen molar-refractivity contribution >= 4 is 11.8 Å². The Morgan fingerprint density at radius 1 is 1.12 bits per heavy atom. The summed E-state index contributed by atoms with van der Waals surface area (Å²) in [6.45, 7) is 7.00. The van der Waals surface area contributed by atoms with Crippen molar-refractivity contribution in [3.8, 4) is 0 Å². The lowest BCUT2D eigenvalue weighted by molar-refractivity contribution is 0.217. The van der Waals surface area contributed by atoms with Gasteiger partial charge in [-0.05, 0) is 62.1 Å². The first kappa shape index (κ1) is 15.4. The predicted octanol–water partition coefficient (Wildman–Crippen LogP) is 4.33. The van der Waals surface area contributed by atoms with Crippen LogP contribution < -0.4 is 5.32 Å². The highest BCUT2D eigenvalue weighted by molar-refractivity contribution is 7.99. The first-order valence-corrected chi connectivity index (χ1v) is 8.82. The quantitative estimate of drug-likeness (QED) is 0.617. The van der Waals surface area contributed by atoms with Crippen molar-refractivity contribution in [2.75, 3.05) is 24.6 Å². The Hall–Kier alpha value is 0.310. The molecule has 2 unspecified atom stereocenters. The molecule has 0 spiro atoms. The third-order valence-electron chi connectivity index (χ3n) is 3.97. The Balaban J connectivity index is 2.17. The van der Waals surface area contributed by atoms with Gasteiger partial charge in [-0.2, -0.15) is 11.8 Å². The van der Waals surface area contributed by atoms with Crippen molar-refractivity contribution in [3.05, 3.63) is 0 Å². The lowest BCUT2D eigenvalue weighted by Gasteiger charge is -2.32. The second-order valence-electron chi connectivity index (χ2n) is 5.35. The fraction of sp³-hybridized carbons (Fsp3) is 1.00. The molecule has 1 rings (SSSR count). The van der Waals surface area contributed by atoms with Crippen LogP contribution in [0, 0.1) is 11.8 Å². The summed E-state index contributed by atoms with van der Waals surface area (Å²) in [5, 5.41) is 3.63. The van der Waals surface area contributed by atoms with Crippen LogP contribution in [0.25, 0.3) is 0 Å². The number of hydrogen-bond donors (Lipinski definition) is 1. The first-order valence-electron chi connectivity index (χ1n) is 7.66. The Morgan fingerprint density at radius 3 is 2.59 bits per heavy atom. The maximum Gasteiger partial charge on any atom is -0.00179 e. The Morgan fingerprint density at radius 2 is 1.88 bits per heavy atom. The van der Waals surface area contributed by atoms with Crippen molar-refractivity contribution in [2.45, 2.75) is 58.8 Å². The van der Waals surface area contributed by atoms with Crippen LogP contribution in [-0.2, 0) is 0 Å². The van der Waals surface area contributed by atoms with Crippen LogP contribution in [0.5, 0.6) is 0 Å². The molecule has 1 aliphatic rings. The topological polar surface area (TPSA) is 12.0 Å². The molecule has 1 aliphatic carbocycles. The van der Waals surface area contributed by atoms with E-state index in [1.54, 1.807) is 0 Å². The number of thioether (sulfide) groups is 1. The van der Waals surface area contributed by atoms with Crippen LogP contribution in [0.3, 0.4) is 0 Å². The highest BCUT2D eigenvalue weighted by Crippen LogP contribution is 2.33. The molecule has 0 aliphatic heterocycles. The molecular formula is C15H31NS. The lowest BCUT2D eigenvalue weighted by Crippen LogP contribution is -2.31. The molecule has 0 radical (unpaired) electrons. The molecule has 102 valence electrons. The van der Waals surface area contributed by atoms with E-state index in [9.17, 15) is 0 Å². The van der Waals surface area contributed by atoms with E-state index in [-0.39, 0.29) is 0 Å². The average Bonchev–Trinajstić information content (AvgIpc) is 2.36. The molecule has 1 nitrogen and oxygen atoms in total. The highest BCUT2D eigenvalue weighted by atomic mass is 32.2. The molecule has 0 saturated heterocycles. The molecule has 2 atom stereocenters. The molecule has 0 aromatic heterocycles. The number of rotatable bonds is 9. The summed E-state index contributed by atoms with van der Waals surface area (Å²) in [6, 6.07) is 0. The molecule has 0 bridgehead atoms. The van der Waals surface area contributed by atoms with E-state index in [2.05, 4.69) is 30.9 Å². The average molecular weight is 257 g/mol. The highest BCUT2D eigenvalue weighted by Gasteiger charge is 2.23. The summed E-state index contributed by atoms with van der Waals surface area (Å²) in [5.74, 6) is 4.65. The molecule has 1 saturated carbocycles. The van der Waals surface area contributed by atoms with E-state index < -0.39 is 0 Å². The number of hydrogen-bond acceptors (Lipinski definition) is 2. The van der Waals surface area contributed by atoms with Crippen LogP contribution in [0.4, 0.5) is 0 Å². The second-order valence-corrected chi connectivity index (χ2v) is 6.74. The monoisotopic (exact) mass is 257 g/mol. The van der Waals surface area contributed by atoms with Gasteiger partial charge in [0.1, 0.15) is 0 Å². The van der Waals surface area contributed by atoms with Gasteiger partial charge in [0.25, 0.3) is 0 Å². The smallest absolute Gasteiger partial charge is 0.00179 e. The molecular weight excluding hydrogens is 226 g/mol. The summed E-state index contributed by atoms with van der Waals surface area (Å²) in [4.78, 5) is 0. The minimum absolute atomic E-state index is 0.974. The minimum Gasteiger partial charge on any atom is -0.316 e. The van der Waals surface area contributed by atoms with Crippen LogP contribution in [-0.4, -0.2) is 24.6 Å². The predicted molar refractivity (Wildman–Crippen MR) is 80.8 cm³/mol. The molecule has 0 heterocycles. The van der Waals surface area contributed by atoms with Gasteiger partial charge in [-0.1, -0.05) is 33.1 Å². The van der Waals surface area contributed by atoms with E-state index in [1.807, 2.05) is 0 Å². The maximum atomic E-state index is 3.63. The van der Waals surface area contributed by atoms with E-state index >= 15 is 0 Å². The lowest BCUT2D eigenvalue weighted by atomic mass is 9.77. The second kappa shape index (κ2) is 10.3. The van der Waals surface area contributed by atoms with E-state index in [1.165, 1.54) is 69.5 Å². The van der Waals surface area contributed by atoms with E-state index in [0.29, 0.717) is 0 Å². The summed E-state index contributed by atoms with van der Waals surface area (Å²) in [7, 11) is 0. The fourth-order valence-electron chi connectivity index (χ4n) is 2.99. The normalized spacial score (nSPS) is 25.1. The fourth-order valence-corrected chi connectivity index (χ4v) is 3.65. The third kappa shape index (κ3) is 6.71. The zero-order valence-electron chi connectivity index (χ0n) is 11.8. The zero-order valence-corrected chi connectivity index (χ0v) is 12.7. The van der Waals surface area contributed by atoms with Crippen molar-refractivity contribution in [1.82, 2.24) is 5.32 Å². The van der Waals surface area contributed by atoms with Gasteiger partial charge in [0, 0.05) is 0 Å². The van der Waals surface area contributed by atoms with Crippen molar-refractivity contribution < 1.29 is 0 Å². The first-order chi connectivity index (χ1) is 8.38. The Bertz CT molecular complexity index is 172. The molecule has 0 amide bonds. The summed E-state index contributed by atoms with van der Waals surface area (Å²) in [6.07, 6.45) is 10.1. The third-order valence-corrected chi connectivity index (χ3v) is 4.95. The largest absolute Gasteiger partial charge is 0.316 e. The van der Waals surface area contributed by atoms with Crippen LogP contribution >= 0.6 is 11.8 Å². The van der Waals surface area contributed by atoms with Crippen molar-refractivity contribution in [3.63, 3.8) is 0 Å². The van der Waals surface area contributed by atoms with E-state index in [0.717, 1.165) is 11.8 Å². The van der Waals surface area contributed by atoms with Gasteiger partial charge in [0.15, 0.2) is 0 Å². The zero-order chi connectivity index (χ0) is 12.3. The summed E-state index contributed by atoms with van der Waals surface area (Å²) < 4.78 is 0. The summed E-state index contributed by atoms with van der Waals surface area (Å²) in [5.41, 5.74) is 0. The van der Waals surface area contributed by atoms with Crippen molar-refractivity contribution in [1.29, 1.82) is 0 Å². The molecule has 1 fully saturated rings. The maximum absolute atomic E-state index is 3.63. The molecule has 17 heavy (non-hydrogen) atoms. The molecule has 0 aromatic carbocycles. The number of nitrogens with one attached hydrogen (secondary N) is 1. The van der Waals surface area contributed by atoms with Gasteiger partial charge in [-0.3, -0.25) is 0 Å². The van der Waals surface area contributed by atoms with Gasteiger partial charge in [-0.25, -0.2) is 0 Å². The SMILES string of the molecule is CCCNCC1CCCCC1CCCSCC. The van der Waals surface area contributed by atoms with Crippen molar-refractivity contribution in [2.24, 2.45) is 11.8 Å². The molecule has 1 N–H and O–H groups in total. The molecule has 0 aromatic rings.